The molecule has 0 saturated heterocycles. The van der Waals surface area contributed by atoms with Crippen LogP contribution in [0, 0.1) is 0 Å². The first-order valence-electron chi connectivity index (χ1n) is 5.92. The van der Waals surface area contributed by atoms with Crippen LogP contribution in [0.1, 0.15) is 5.56 Å². The van der Waals surface area contributed by atoms with Crippen LogP contribution in [0.4, 0.5) is 17.3 Å². The van der Waals surface area contributed by atoms with Gasteiger partial charge in [0.05, 0.1) is 6.67 Å². The molecular formula is C13H15N5. The van der Waals surface area contributed by atoms with Gasteiger partial charge < -0.3 is 15.5 Å². The molecule has 92 valence electrons. The summed E-state index contributed by atoms with van der Waals surface area (Å²) in [6.07, 6.45) is 1.58. The molecule has 0 aliphatic carbocycles. The van der Waals surface area contributed by atoms with E-state index in [0.717, 1.165) is 30.5 Å². The van der Waals surface area contributed by atoms with Crippen LogP contribution in [0.5, 0.6) is 0 Å². The summed E-state index contributed by atoms with van der Waals surface area (Å²) in [6, 6.07) is 10.3. The van der Waals surface area contributed by atoms with Gasteiger partial charge in [0.2, 0.25) is 0 Å². The van der Waals surface area contributed by atoms with Crippen molar-refractivity contribution in [3.63, 3.8) is 0 Å². The molecule has 0 spiro atoms. The normalized spacial score (nSPS) is 13.1. The van der Waals surface area contributed by atoms with Crippen molar-refractivity contribution < 1.29 is 0 Å². The molecule has 1 aromatic carbocycles. The summed E-state index contributed by atoms with van der Waals surface area (Å²) in [7, 11) is 2.02. The second-order valence-electron chi connectivity index (χ2n) is 4.29. The number of benzene rings is 1. The Morgan fingerprint density at radius 3 is 2.94 bits per heavy atom. The second-order valence-corrected chi connectivity index (χ2v) is 4.29. The Morgan fingerprint density at radius 2 is 2.11 bits per heavy atom. The summed E-state index contributed by atoms with van der Waals surface area (Å²) < 4.78 is 0. The highest BCUT2D eigenvalue weighted by Crippen LogP contribution is 2.33. The average molecular weight is 241 g/mol. The SMILES string of the molecule is CN1CNc2ncnc(NCc3ccccc3)c21. The van der Waals surface area contributed by atoms with Gasteiger partial charge in [0.15, 0.2) is 11.6 Å². The number of aromatic nitrogens is 2. The summed E-state index contributed by atoms with van der Waals surface area (Å²) >= 11 is 0. The van der Waals surface area contributed by atoms with Gasteiger partial charge in [-0.05, 0) is 5.56 Å². The molecule has 3 rings (SSSR count). The number of hydrogen-bond donors (Lipinski definition) is 2. The van der Waals surface area contributed by atoms with Gasteiger partial charge in [-0.2, -0.15) is 0 Å². The van der Waals surface area contributed by atoms with E-state index >= 15 is 0 Å². The van der Waals surface area contributed by atoms with Crippen molar-refractivity contribution >= 4 is 17.3 Å². The summed E-state index contributed by atoms with van der Waals surface area (Å²) in [5.41, 5.74) is 2.27. The van der Waals surface area contributed by atoms with Crippen LogP contribution >= 0.6 is 0 Å². The van der Waals surface area contributed by atoms with Crippen molar-refractivity contribution in [2.24, 2.45) is 0 Å². The van der Waals surface area contributed by atoms with E-state index in [1.54, 1.807) is 6.33 Å². The molecule has 0 saturated carbocycles. The lowest BCUT2D eigenvalue weighted by atomic mass is 10.2. The monoisotopic (exact) mass is 241 g/mol. The first kappa shape index (κ1) is 10.8. The van der Waals surface area contributed by atoms with E-state index in [1.807, 2.05) is 25.2 Å². The third-order valence-electron chi connectivity index (χ3n) is 2.99. The van der Waals surface area contributed by atoms with Crippen LogP contribution in [-0.2, 0) is 6.54 Å². The molecule has 1 aromatic heterocycles. The highest BCUT2D eigenvalue weighted by atomic mass is 15.3. The maximum Gasteiger partial charge on any atom is 0.156 e. The molecule has 18 heavy (non-hydrogen) atoms. The highest BCUT2D eigenvalue weighted by molar-refractivity contribution is 5.81. The second kappa shape index (κ2) is 4.52. The Bertz CT molecular complexity index is 540. The van der Waals surface area contributed by atoms with E-state index in [2.05, 4.69) is 37.6 Å². The number of anilines is 3. The van der Waals surface area contributed by atoms with Gasteiger partial charge in [-0.3, -0.25) is 0 Å². The standard InChI is InChI=1S/C13H15N5/c1-18-9-17-13-11(18)12(15-8-16-13)14-7-10-5-3-2-4-6-10/h2-6,8H,7,9H2,1H3,(H2,14,15,16,17). The number of rotatable bonds is 3. The first-order valence-corrected chi connectivity index (χ1v) is 5.92. The zero-order valence-electron chi connectivity index (χ0n) is 10.2. The lowest BCUT2D eigenvalue weighted by molar-refractivity contribution is 1.02. The van der Waals surface area contributed by atoms with Crippen LogP contribution in [0.25, 0.3) is 0 Å². The molecule has 2 aromatic rings. The van der Waals surface area contributed by atoms with Gasteiger partial charge in [0.1, 0.15) is 12.0 Å². The fourth-order valence-electron chi connectivity index (χ4n) is 2.05. The third-order valence-corrected chi connectivity index (χ3v) is 2.99. The van der Waals surface area contributed by atoms with Crippen molar-refractivity contribution in [1.82, 2.24) is 9.97 Å². The Morgan fingerprint density at radius 1 is 1.28 bits per heavy atom. The maximum atomic E-state index is 4.31. The molecule has 2 N–H and O–H groups in total. The van der Waals surface area contributed by atoms with Crippen LogP contribution in [0.15, 0.2) is 36.7 Å². The first-order chi connectivity index (χ1) is 8.84. The van der Waals surface area contributed by atoms with Gasteiger partial charge in [-0.25, -0.2) is 9.97 Å². The number of hydrogen-bond acceptors (Lipinski definition) is 5. The quantitative estimate of drug-likeness (QED) is 0.859. The minimum atomic E-state index is 0.762. The lowest BCUT2D eigenvalue weighted by Gasteiger charge is -2.14. The smallest absolute Gasteiger partial charge is 0.156 e. The van der Waals surface area contributed by atoms with E-state index in [1.165, 1.54) is 5.56 Å². The Balaban J connectivity index is 1.80. The van der Waals surface area contributed by atoms with Crippen molar-refractivity contribution in [2.45, 2.75) is 6.54 Å². The minimum absolute atomic E-state index is 0.762. The van der Waals surface area contributed by atoms with Gasteiger partial charge in [-0.1, -0.05) is 30.3 Å². The van der Waals surface area contributed by atoms with E-state index in [4.69, 9.17) is 0 Å². The van der Waals surface area contributed by atoms with E-state index in [-0.39, 0.29) is 0 Å². The van der Waals surface area contributed by atoms with Gasteiger partial charge in [0, 0.05) is 13.6 Å². The summed E-state index contributed by atoms with van der Waals surface area (Å²) in [6.45, 7) is 1.53. The minimum Gasteiger partial charge on any atom is -0.364 e. The summed E-state index contributed by atoms with van der Waals surface area (Å²) in [5.74, 6) is 1.76. The fraction of sp³-hybridized carbons (Fsp3) is 0.231. The Kier molecular flexibility index (Phi) is 2.72. The predicted molar refractivity (Wildman–Crippen MR) is 72.7 cm³/mol. The maximum absolute atomic E-state index is 4.31. The summed E-state index contributed by atoms with van der Waals surface area (Å²) in [5, 5.41) is 6.58. The van der Waals surface area contributed by atoms with Gasteiger partial charge in [0.25, 0.3) is 0 Å². The molecule has 0 unspecified atom stereocenters. The van der Waals surface area contributed by atoms with E-state index < -0.39 is 0 Å². The van der Waals surface area contributed by atoms with Crippen LogP contribution in [-0.4, -0.2) is 23.7 Å². The molecule has 0 atom stereocenters. The number of nitrogens with one attached hydrogen (secondary N) is 2. The van der Waals surface area contributed by atoms with Crippen molar-refractivity contribution in [3.8, 4) is 0 Å². The van der Waals surface area contributed by atoms with Gasteiger partial charge in [-0.15, -0.1) is 0 Å². The fourth-order valence-corrected chi connectivity index (χ4v) is 2.05. The summed E-state index contributed by atoms with van der Waals surface area (Å²) in [4.78, 5) is 10.6. The lowest BCUT2D eigenvalue weighted by Crippen LogP contribution is -2.17. The largest absolute Gasteiger partial charge is 0.364 e. The molecule has 1 aliphatic rings. The Hall–Kier alpha value is -2.30. The molecule has 0 amide bonds. The van der Waals surface area contributed by atoms with E-state index in [0.29, 0.717) is 0 Å². The van der Waals surface area contributed by atoms with Crippen LogP contribution < -0.4 is 15.5 Å². The molecular weight excluding hydrogens is 226 g/mol. The topological polar surface area (TPSA) is 53.1 Å². The van der Waals surface area contributed by atoms with Crippen LogP contribution in [0.3, 0.4) is 0 Å². The van der Waals surface area contributed by atoms with Crippen molar-refractivity contribution in [1.29, 1.82) is 0 Å². The highest BCUT2D eigenvalue weighted by Gasteiger charge is 2.20. The number of nitrogens with zero attached hydrogens (tertiary/aromatic N) is 3. The van der Waals surface area contributed by atoms with Crippen molar-refractivity contribution in [3.05, 3.63) is 42.2 Å². The third kappa shape index (κ3) is 1.95. The molecule has 0 fully saturated rings. The molecule has 1 aliphatic heterocycles. The van der Waals surface area contributed by atoms with Crippen molar-refractivity contribution in [2.75, 3.05) is 29.2 Å². The zero-order valence-corrected chi connectivity index (χ0v) is 10.2. The van der Waals surface area contributed by atoms with E-state index in [9.17, 15) is 0 Å². The molecule has 5 nitrogen and oxygen atoms in total. The van der Waals surface area contributed by atoms with Gasteiger partial charge >= 0.3 is 0 Å². The van der Waals surface area contributed by atoms with Crippen LogP contribution in [0.2, 0.25) is 0 Å². The molecule has 0 bridgehead atoms. The molecule has 2 heterocycles. The Labute approximate surface area is 106 Å². The number of fused-ring (bicyclic) bond motifs is 1. The molecule has 0 radical (unpaired) electrons. The predicted octanol–water partition coefficient (Wildman–Crippen LogP) is 1.91. The average Bonchev–Trinajstić information content (AvgIpc) is 2.80. The molecule has 5 heteroatoms. The zero-order chi connectivity index (χ0) is 12.4.